The van der Waals surface area contributed by atoms with Crippen molar-refractivity contribution in [2.45, 2.75) is 17.4 Å². The van der Waals surface area contributed by atoms with Crippen molar-refractivity contribution in [3.8, 4) is 0 Å². The van der Waals surface area contributed by atoms with E-state index in [2.05, 4.69) is 53.4 Å². The Morgan fingerprint density at radius 2 is 1.42 bits per heavy atom. The van der Waals surface area contributed by atoms with Crippen molar-refractivity contribution in [2.24, 2.45) is 0 Å². The number of aliphatic carboxylic acids is 1. The number of hydrogen-bond acceptors (Lipinski definition) is 3. The third-order valence-electron chi connectivity index (χ3n) is 5.56. The Balaban J connectivity index is 1.48. The van der Waals surface area contributed by atoms with Gasteiger partial charge in [-0.2, -0.15) is 0 Å². The summed E-state index contributed by atoms with van der Waals surface area (Å²) in [5, 5.41) is 9.02. The Labute approximate surface area is 185 Å². The van der Waals surface area contributed by atoms with Crippen LogP contribution in [0, 0.1) is 0 Å². The Morgan fingerprint density at radius 3 is 1.97 bits per heavy atom. The molecule has 1 aliphatic rings. The van der Waals surface area contributed by atoms with Gasteiger partial charge in [0.15, 0.2) is 0 Å². The Morgan fingerprint density at radius 1 is 0.839 bits per heavy atom. The maximum atomic E-state index is 13.1. The summed E-state index contributed by atoms with van der Waals surface area (Å²) in [6, 6.07) is 28.3. The van der Waals surface area contributed by atoms with Crippen molar-refractivity contribution in [3.05, 3.63) is 102 Å². The van der Waals surface area contributed by atoms with Crippen molar-refractivity contribution < 1.29 is 14.1 Å². The van der Waals surface area contributed by atoms with Gasteiger partial charge in [0.25, 0.3) is 0 Å². The van der Waals surface area contributed by atoms with Crippen LogP contribution in [0.4, 0.5) is 0 Å². The van der Waals surface area contributed by atoms with Crippen LogP contribution in [-0.4, -0.2) is 50.7 Å². The molecule has 0 bridgehead atoms. The van der Waals surface area contributed by atoms with Crippen molar-refractivity contribution in [2.75, 3.05) is 26.2 Å². The summed E-state index contributed by atoms with van der Waals surface area (Å²) in [5.74, 6) is -0.885. The predicted molar refractivity (Wildman–Crippen MR) is 122 cm³/mol. The monoisotopic (exact) mass is 434 g/mol. The minimum absolute atomic E-state index is 0.0609. The van der Waals surface area contributed by atoms with Crippen LogP contribution in [0.25, 0.3) is 0 Å². The standard InChI is InChI=1S/C25H26N2O3S/c28-24(29)19-20-8-7-13-23(18-20)31(30)27-16-14-26(15-17-27)25(21-9-3-1-4-10-21)22-11-5-2-6-12-22/h1-13,18,25H,14-17,19H2,(H,28,29). The van der Waals surface area contributed by atoms with Gasteiger partial charge in [-0.25, -0.2) is 8.51 Å². The SMILES string of the molecule is O=C(O)Cc1cccc(S(=O)N2CCN(C(c3ccccc3)c3ccccc3)CC2)c1. The summed E-state index contributed by atoms with van der Waals surface area (Å²) in [6.07, 6.45) is -0.0609. The number of nitrogens with zero attached hydrogens (tertiary/aromatic N) is 2. The number of carboxylic acids is 1. The van der Waals surface area contributed by atoms with E-state index in [9.17, 15) is 9.00 Å². The topological polar surface area (TPSA) is 60.9 Å². The minimum Gasteiger partial charge on any atom is -0.481 e. The van der Waals surface area contributed by atoms with Gasteiger partial charge in [0.05, 0.1) is 17.4 Å². The lowest BCUT2D eigenvalue weighted by Crippen LogP contribution is -2.48. The van der Waals surface area contributed by atoms with Crippen LogP contribution >= 0.6 is 0 Å². The van der Waals surface area contributed by atoms with Gasteiger partial charge in [-0.3, -0.25) is 9.69 Å². The molecule has 1 saturated heterocycles. The van der Waals surface area contributed by atoms with E-state index in [0.29, 0.717) is 23.5 Å². The van der Waals surface area contributed by atoms with Crippen molar-refractivity contribution >= 4 is 17.0 Å². The maximum Gasteiger partial charge on any atom is 0.307 e. The fourth-order valence-electron chi connectivity index (χ4n) is 4.10. The second-order valence-electron chi connectivity index (χ2n) is 7.66. The van der Waals surface area contributed by atoms with Crippen LogP contribution < -0.4 is 0 Å². The molecule has 3 aromatic carbocycles. The second-order valence-corrected chi connectivity index (χ2v) is 9.14. The molecule has 5 nitrogen and oxygen atoms in total. The van der Waals surface area contributed by atoms with Gasteiger partial charge >= 0.3 is 5.97 Å². The zero-order valence-electron chi connectivity index (χ0n) is 17.3. The zero-order valence-corrected chi connectivity index (χ0v) is 18.1. The lowest BCUT2D eigenvalue weighted by molar-refractivity contribution is -0.136. The van der Waals surface area contributed by atoms with Gasteiger partial charge in [0, 0.05) is 26.2 Å². The van der Waals surface area contributed by atoms with E-state index < -0.39 is 17.0 Å². The first kappa shape index (κ1) is 21.4. The van der Waals surface area contributed by atoms with Gasteiger partial charge in [-0.15, -0.1) is 0 Å². The highest BCUT2D eigenvalue weighted by molar-refractivity contribution is 7.82. The van der Waals surface area contributed by atoms with E-state index in [-0.39, 0.29) is 12.5 Å². The summed E-state index contributed by atoms with van der Waals surface area (Å²) < 4.78 is 15.1. The number of hydrogen-bond donors (Lipinski definition) is 1. The average molecular weight is 435 g/mol. The van der Waals surface area contributed by atoms with E-state index in [4.69, 9.17) is 5.11 Å². The molecular formula is C25H26N2O3S. The van der Waals surface area contributed by atoms with Crippen LogP contribution in [0.1, 0.15) is 22.7 Å². The highest BCUT2D eigenvalue weighted by Crippen LogP contribution is 2.30. The van der Waals surface area contributed by atoms with Gasteiger partial charge in [0.2, 0.25) is 0 Å². The molecule has 1 fully saturated rings. The van der Waals surface area contributed by atoms with Crippen molar-refractivity contribution in [1.29, 1.82) is 0 Å². The van der Waals surface area contributed by atoms with E-state index >= 15 is 0 Å². The highest BCUT2D eigenvalue weighted by atomic mass is 32.2. The van der Waals surface area contributed by atoms with E-state index in [0.717, 1.165) is 13.1 Å². The molecule has 1 atom stereocenters. The third kappa shape index (κ3) is 5.28. The lowest BCUT2D eigenvalue weighted by Gasteiger charge is -2.39. The van der Waals surface area contributed by atoms with E-state index in [1.165, 1.54) is 11.1 Å². The molecule has 160 valence electrons. The Kier molecular flexibility index (Phi) is 6.92. The molecule has 1 heterocycles. The van der Waals surface area contributed by atoms with Crippen LogP contribution in [0.2, 0.25) is 0 Å². The second kappa shape index (κ2) is 10.0. The number of carboxylic acid groups (broad SMARTS) is 1. The van der Waals surface area contributed by atoms with E-state index in [1.807, 2.05) is 22.5 Å². The van der Waals surface area contributed by atoms with Crippen molar-refractivity contribution in [1.82, 2.24) is 9.21 Å². The summed E-state index contributed by atoms with van der Waals surface area (Å²) >= 11 is 0. The maximum absolute atomic E-state index is 13.1. The Hall–Kier alpha value is -2.80. The summed E-state index contributed by atoms with van der Waals surface area (Å²) in [4.78, 5) is 14.1. The molecular weight excluding hydrogens is 408 g/mol. The minimum atomic E-state index is -1.30. The smallest absolute Gasteiger partial charge is 0.307 e. The molecule has 4 rings (SSSR count). The number of carbonyl (C=O) groups is 1. The molecule has 0 radical (unpaired) electrons. The Bertz CT molecular complexity index is 995. The third-order valence-corrected chi connectivity index (χ3v) is 7.05. The highest BCUT2D eigenvalue weighted by Gasteiger charge is 2.28. The fourth-order valence-corrected chi connectivity index (χ4v) is 5.34. The molecule has 0 amide bonds. The molecule has 1 N–H and O–H groups in total. The van der Waals surface area contributed by atoms with Gasteiger partial charge in [0.1, 0.15) is 11.0 Å². The number of benzene rings is 3. The van der Waals surface area contributed by atoms with Gasteiger partial charge in [-0.05, 0) is 28.8 Å². The molecule has 1 aliphatic heterocycles. The summed E-state index contributed by atoms with van der Waals surface area (Å²) in [6.45, 7) is 2.97. The molecule has 6 heteroatoms. The molecule has 1 unspecified atom stereocenters. The number of piperazine rings is 1. The molecule has 0 saturated carbocycles. The molecule has 3 aromatic rings. The first-order chi connectivity index (χ1) is 15.1. The van der Waals surface area contributed by atoms with Crippen LogP contribution in [0.15, 0.2) is 89.8 Å². The van der Waals surface area contributed by atoms with Gasteiger partial charge < -0.3 is 5.11 Å². The first-order valence-electron chi connectivity index (χ1n) is 10.4. The zero-order chi connectivity index (χ0) is 21.6. The molecule has 0 spiro atoms. The van der Waals surface area contributed by atoms with Crippen molar-refractivity contribution in [3.63, 3.8) is 0 Å². The van der Waals surface area contributed by atoms with Crippen LogP contribution in [0.3, 0.4) is 0 Å². The molecule has 31 heavy (non-hydrogen) atoms. The van der Waals surface area contributed by atoms with E-state index in [1.54, 1.807) is 18.2 Å². The fraction of sp³-hybridized carbons (Fsp3) is 0.240. The number of rotatable bonds is 7. The van der Waals surface area contributed by atoms with Gasteiger partial charge in [-0.1, -0.05) is 72.8 Å². The normalized spacial score (nSPS) is 16.3. The molecule has 0 aromatic heterocycles. The average Bonchev–Trinajstić information content (AvgIpc) is 2.80. The first-order valence-corrected chi connectivity index (χ1v) is 11.5. The summed E-state index contributed by atoms with van der Waals surface area (Å²) in [5.41, 5.74) is 3.18. The quantitative estimate of drug-likeness (QED) is 0.615. The largest absolute Gasteiger partial charge is 0.481 e. The lowest BCUT2D eigenvalue weighted by atomic mass is 9.96. The summed E-state index contributed by atoms with van der Waals surface area (Å²) in [7, 11) is -1.30. The van der Waals surface area contributed by atoms with Crippen LogP contribution in [-0.2, 0) is 22.2 Å². The van der Waals surface area contributed by atoms with Crippen LogP contribution in [0.5, 0.6) is 0 Å². The molecule has 0 aliphatic carbocycles. The predicted octanol–water partition coefficient (Wildman–Crippen LogP) is 3.74.